The Morgan fingerprint density at radius 2 is 2.11 bits per heavy atom. The minimum Gasteiger partial charge on any atom is -0.326 e. The van der Waals surface area contributed by atoms with E-state index in [4.69, 9.17) is 0 Å². The molecule has 0 spiro atoms. The van der Waals surface area contributed by atoms with Crippen LogP contribution in [0.15, 0.2) is 18.2 Å². The third kappa shape index (κ3) is 1.97. The van der Waals surface area contributed by atoms with Gasteiger partial charge in [0.2, 0.25) is 0 Å². The number of fused-ring (bicyclic) bond motifs is 1. The molecule has 1 aliphatic rings. The molecular formula is C16H20N2O. The molecular weight excluding hydrogens is 236 g/mol. The van der Waals surface area contributed by atoms with Crippen LogP contribution in [0.4, 0.5) is 0 Å². The molecule has 100 valence electrons. The van der Waals surface area contributed by atoms with Crippen LogP contribution >= 0.6 is 0 Å². The molecule has 0 N–H and O–H groups in total. The number of nitrogens with zero attached hydrogens (tertiary/aromatic N) is 2. The van der Waals surface area contributed by atoms with E-state index in [1.807, 2.05) is 25.1 Å². The molecule has 0 aliphatic heterocycles. The summed E-state index contributed by atoms with van der Waals surface area (Å²) in [6, 6.07) is 6.35. The molecule has 1 heterocycles. The molecule has 3 heteroatoms. The number of Topliss-reactive ketones (excluding diaryl/α,β-unsaturated/α-hetero) is 1. The normalized spacial score (nSPS) is 16.0. The molecule has 3 nitrogen and oxygen atoms in total. The molecule has 3 rings (SSSR count). The van der Waals surface area contributed by atoms with Crippen molar-refractivity contribution in [2.75, 3.05) is 0 Å². The third-order valence-corrected chi connectivity index (χ3v) is 4.14. The lowest BCUT2D eigenvalue weighted by Gasteiger charge is -2.23. The predicted octanol–water partition coefficient (Wildman–Crippen LogP) is 3.91. The summed E-state index contributed by atoms with van der Waals surface area (Å²) in [4.78, 5) is 16.9. The fourth-order valence-corrected chi connectivity index (χ4v) is 2.93. The lowest BCUT2D eigenvalue weighted by molar-refractivity contribution is 0.0855. The van der Waals surface area contributed by atoms with Gasteiger partial charge < -0.3 is 4.57 Å². The number of ketones is 1. The van der Waals surface area contributed by atoms with E-state index in [0.717, 1.165) is 35.3 Å². The Kier molecular flexibility index (Phi) is 2.92. The second-order valence-electron chi connectivity index (χ2n) is 5.82. The minimum absolute atomic E-state index is 0.255. The molecule has 0 unspecified atom stereocenters. The Bertz CT molecular complexity index is 635. The van der Waals surface area contributed by atoms with Crippen molar-refractivity contribution in [3.8, 4) is 0 Å². The van der Waals surface area contributed by atoms with Crippen LogP contribution in [-0.4, -0.2) is 15.3 Å². The van der Waals surface area contributed by atoms with Crippen LogP contribution < -0.4 is 0 Å². The molecule has 0 amide bonds. The Morgan fingerprint density at radius 1 is 1.37 bits per heavy atom. The molecule has 0 radical (unpaired) electrons. The van der Waals surface area contributed by atoms with E-state index in [1.54, 1.807) is 0 Å². The van der Waals surface area contributed by atoms with Gasteiger partial charge in [0.05, 0.1) is 11.0 Å². The highest BCUT2D eigenvalue weighted by Crippen LogP contribution is 2.31. The molecule has 1 aromatic carbocycles. The van der Waals surface area contributed by atoms with Crippen molar-refractivity contribution in [1.82, 2.24) is 9.55 Å². The summed E-state index contributed by atoms with van der Waals surface area (Å²) in [5, 5.41) is 0. The fourth-order valence-electron chi connectivity index (χ4n) is 2.93. The highest BCUT2D eigenvalue weighted by atomic mass is 16.1. The molecule has 1 saturated carbocycles. The summed E-state index contributed by atoms with van der Waals surface area (Å²) >= 11 is 0. The standard InChI is InChI=1S/C16H20N2O/c1-10(2)18-11(3)17-14-9-13(7-8-15(14)18)16(19)12-5-4-6-12/h7-10,12H,4-6H2,1-3H3. The van der Waals surface area contributed by atoms with Gasteiger partial charge in [0.1, 0.15) is 5.82 Å². The van der Waals surface area contributed by atoms with Crippen molar-refractivity contribution in [1.29, 1.82) is 0 Å². The molecule has 0 bridgehead atoms. The van der Waals surface area contributed by atoms with Gasteiger partial charge in [-0.1, -0.05) is 6.42 Å². The molecule has 19 heavy (non-hydrogen) atoms. The molecule has 0 atom stereocenters. The second-order valence-corrected chi connectivity index (χ2v) is 5.82. The fraction of sp³-hybridized carbons (Fsp3) is 0.500. The molecule has 1 aromatic heterocycles. The van der Waals surface area contributed by atoms with Gasteiger partial charge in [0.15, 0.2) is 5.78 Å². The smallest absolute Gasteiger partial charge is 0.166 e. The van der Waals surface area contributed by atoms with Crippen LogP contribution in [0, 0.1) is 12.8 Å². The van der Waals surface area contributed by atoms with Crippen LogP contribution in [0.5, 0.6) is 0 Å². The number of hydrogen-bond donors (Lipinski definition) is 0. The number of aromatic nitrogens is 2. The largest absolute Gasteiger partial charge is 0.326 e. The third-order valence-electron chi connectivity index (χ3n) is 4.14. The van der Waals surface area contributed by atoms with Crippen molar-refractivity contribution in [2.45, 2.75) is 46.1 Å². The van der Waals surface area contributed by atoms with Crippen molar-refractivity contribution >= 4 is 16.8 Å². The average Bonchev–Trinajstić information content (AvgIpc) is 2.61. The maximum absolute atomic E-state index is 12.3. The predicted molar refractivity (Wildman–Crippen MR) is 76.5 cm³/mol. The Labute approximate surface area is 113 Å². The average molecular weight is 256 g/mol. The van der Waals surface area contributed by atoms with Crippen LogP contribution in [-0.2, 0) is 0 Å². The topological polar surface area (TPSA) is 34.9 Å². The van der Waals surface area contributed by atoms with Crippen LogP contribution in [0.25, 0.3) is 11.0 Å². The van der Waals surface area contributed by atoms with E-state index in [1.165, 1.54) is 6.42 Å². The van der Waals surface area contributed by atoms with Crippen LogP contribution in [0.1, 0.15) is 55.3 Å². The van der Waals surface area contributed by atoms with E-state index < -0.39 is 0 Å². The lowest BCUT2D eigenvalue weighted by Crippen LogP contribution is -2.21. The summed E-state index contributed by atoms with van der Waals surface area (Å²) < 4.78 is 2.22. The first-order valence-electron chi connectivity index (χ1n) is 7.10. The number of hydrogen-bond acceptors (Lipinski definition) is 2. The van der Waals surface area contributed by atoms with Crippen molar-refractivity contribution in [3.05, 3.63) is 29.6 Å². The zero-order chi connectivity index (χ0) is 13.6. The summed E-state index contributed by atoms with van der Waals surface area (Å²) in [6.45, 7) is 6.33. The number of carbonyl (C=O) groups excluding carboxylic acids is 1. The Hall–Kier alpha value is -1.64. The van der Waals surface area contributed by atoms with Crippen molar-refractivity contribution < 1.29 is 4.79 Å². The van der Waals surface area contributed by atoms with Gasteiger partial charge in [-0.25, -0.2) is 4.98 Å². The Balaban J connectivity index is 2.04. The molecule has 1 fully saturated rings. The van der Waals surface area contributed by atoms with Gasteiger partial charge in [-0.05, 0) is 51.8 Å². The van der Waals surface area contributed by atoms with E-state index in [9.17, 15) is 4.79 Å². The van der Waals surface area contributed by atoms with Gasteiger partial charge in [0.25, 0.3) is 0 Å². The summed E-state index contributed by atoms with van der Waals surface area (Å²) in [6.07, 6.45) is 3.30. The zero-order valence-corrected chi connectivity index (χ0v) is 11.8. The van der Waals surface area contributed by atoms with Gasteiger partial charge in [-0.15, -0.1) is 0 Å². The lowest BCUT2D eigenvalue weighted by atomic mass is 9.80. The van der Waals surface area contributed by atoms with Gasteiger partial charge in [-0.3, -0.25) is 4.79 Å². The van der Waals surface area contributed by atoms with Crippen LogP contribution in [0.2, 0.25) is 0 Å². The maximum Gasteiger partial charge on any atom is 0.166 e. The number of carbonyl (C=O) groups is 1. The first-order valence-corrected chi connectivity index (χ1v) is 7.10. The number of imidazole rings is 1. The first-order chi connectivity index (χ1) is 9.08. The molecule has 1 aliphatic carbocycles. The van der Waals surface area contributed by atoms with Gasteiger partial charge in [0, 0.05) is 17.5 Å². The highest BCUT2D eigenvalue weighted by molar-refractivity contribution is 6.00. The van der Waals surface area contributed by atoms with Crippen molar-refractivity contribution in [3.63, 3.8) is 0 Å². The second kappa shape index (κ2) is 4.48. The molecule has 0 saturated heterocycles. The van der Waals surface area contributed by atoms with Crippen LogP contribution in [0.3, 0.4) is 0 Å². The van der Waals surface area contributed by atoms with Gasteiger partial charge >= 0.3 is 0 Å². The summed E-state index contributed by atoms with van der Waals surface area (Å²) in [7, 11) is 0. The first kappa shape index (κ1) is 12.4. The van der Waals surface area contributed by atoms with Gasteiger partial charge in [-0.2, -0.15) is 0 Å². The molecule has 2 aromatic rings. The van der Waals surface area contributed by atoms with E-state index in [0.29, 0.717) is 11.8 Å². The number of aryl methyl sites for hydroxylation is 1. The van der Waals surface area contributed by atoms with E-state index >= 15 is 0 Å². The number of benzene rings is 1. The highest BCUT2D eigenvalue weighted by Gasteiger charge is 2.26. The monoisotopic (exact) mass is 256 g/mol. The Morgan fingerprint density at radius 3 is 2.68 bits per heavy atom. The number of rotatable bonds is 3. The summed E-state index contributed by atoms with van der Waals surface area (Å²) in [5.74, 6) is 1.56. The minimum atomic E-state index is 0.255. The summed E-state index contributed by atoms with van der Waals surface area (Å²) in [5.41, 5.74) is 2.89. The zero-order valence-electron chi connectivity index (χ0n) is 11.8. The van der Waals surface area contributed by atoms with Crippen molar-refractivity contribution in [2.24, 2.45) is 5.92 Å². The SMILES string of the molecule is Cc1nc2cc(C(=O)C3CCC3)ccc2n1C(C)C. The van der Waals surface area contributed by atoms with E-state index in [-0.39, 0.29) is 5.92 Å². The van der Waals surface area contributed by atoms with E-state index in [2.05, 4.69) is 23.4 Å². The quantitative estimate of drug-likeness (QED) is 0.780. The maximum atomic E-state index is 12.3.